The smallest absolute Gasteiger partial charge is 0.250 e. The number of amides is 1. The van der Waals surface area contributed by atoms with Crippen molar-refractivity contribution in [3.8, 4) is 0 Å². The molecule has 1 aromatic carbocycles. The molecule has 1 saturated carbocycles. The Labute approximate surface area is 120 Å². The van der Waals surface area contributed by atoms with Crippen LogP contribution in [0.2, 0.25) is 0 Å². The number of benzene rings is 1. The Hall–Kier alpha value is -1.55. The molecule has 0 saturated heterocycles. The second-order valence-electron chi connectivity index (χ2n) is 5.84. The van der Waals surface area contributed by atoms with Crippen molar-refractivity contribution < 1.29 is 9.53 Å². The lowest BCUT2D eigenvalue weighted by atomic mass is 9.89. The van der Waals surface area contributed by atoms with Crippen LogP contribution in [0.15, 0.2) is 18.2 Å². The summed E-state index contributed by atoms with van der Waals surface area (Å²) < 4.78 is 5.70. The molecular formula is C16H24N2O2. The highest BCUT2D eigenvalue weighted by Gasteiger charge is 2.20. The van der Waals surface area contributed by atoms with Crippen LogP contribution in [-0.4, -0.2) is 18.6 Å². The first kappa shape index (κ1) is 14.9. The molecule has 0 heterocycles. The maximum atomic E-state index is 11.9. The molecule has 110 valence electrons. The van der Waals surface area contributed by atoms with Gasteiger partial charge in [0.15, 0.2) is 0 Å². The predicted octanol–water partition coefficient (Wildman–Crippen LogP) is 3.11. The highest BCUT2D eigenvalue weighted by Crippen LogP contribution is 2.25. The van der Waals surface area contributed by atoms with Gasteiger partial charge in [-0.25, -0.2) is 0 Å². The van der Waals surface area contributed by atoms with Gasteiger partial charge < -0.3 is 15.8 Å². The Kier molecular flexibility index (Phi) is 5.01. The zero-order chi connectivity index (χ0) is 14.5. The maximum Gasteiger partial charge on any atom is 0.250 e. The van der Waals surface area contributed by atoms with Crippen LogP contribution in [-0.2, 0) is 9.53 Å². The molecule has 0 spiro atoms. The largest absolute Gasteiger partial charge is 0.397 e. The number of hydrogen-bond donors (Lipinski definition) is 2. The fourth-order valence-electron chi connectivity index (χ4n) is 2.71. The molecule has 0 radical (unpaired) electrons. The second kappa shape index (κ2) is 6.75. The summed E-state index contributed by atoms with van der Waals surface area (Å²) in [5.41, 5.74) is 8.19. The van der Waals surface area contributed by atoms with Gasteiger partial charge in [0.2, 0.25) is 5.91 Å². The van der Waals surface area contributed by atoms with Gasteiger partial charge in [-0.15, -0.1) is 0 Å². The number of anilines is 2. The average molecular weight is 276 g/mol. The summed E-state index contributed by atoms with van der Waals surface area (Å²) in [6.45, 7) is 4.31. The van der Waals surface area contributed by atoms with Gasteiger partial charge in [0.25, 0.3) is 0 Å². The van der Waals surface area contributed by atoms with E-state index in [1.54, 1.807) is 0 Å². The van der Waals surface area contributed by atoms with Crippen molar-refractivity contribution in [1.29, 1.82) is 0 Å². The van der Waals surface area contributed by atoms with Crippen LogP contribution in [0.3, 0.4) is 0 Å². The van der Waals surface area contributed by atoms with Gasteiger partial charge in [-0.05, 0) is 43.4 Å². The number of nitrogens with one attached hydrogen (secondary N) is 1. The summed E-state index contributed by atoms with van der Waals surface area (Å²) in [7, 11) is 0. The third-order valence-electron chi connectivity index (χ3n) is 3.82. The monoisotopic (exact) mass is 276 g/mol. The van der Waals surface area contributed by atoms with E-state index in [4.69, 9.17) is 10.5 Å². The van der Waals surface area contributed by atoms with Crippen LogP contribution in [0.4, 0.5) is 11.4 Å². The lowest BCUT2D eigenvalue weighted by molar-refractivity contribution is -0.123. The molecule has 20 heavy (non-hydrogen) atoms. The van der Waals surface area contributed by atoms with Gasteiger partial charge >= 0.3 is 0 Å². The number of nitrogens with two attached hydrogens (primary N) is 1. The van der Waals surface area contributed by atoms with Crippen LogP contribution < -0.4 is 11.1 Å². The quantitative estimate of drug-likeness (QED) is 0.830. The van der Waals surface area contributed by atoms with Crippen molar-refractivity contribution in [3.05, 3.63) is 23.8 Å². The molecular weight excluding hydrogens is 252 g/mol. The molecule has 4 heteroatoms. The second-order valence-corrected chi connectivity index (χ2v) is 5.84. The van der Waals surface area contributed by atoms with Crippen molar-refractivity contribution in [3.63, 3.8) is 0 Å². The fourth-order valence-corrected chi connectivity index (χ4v) is 2.71. The maximum absolute atomic E-state index is 11.9. The van der Waals surface area contributed by atoms with Crippen LogP contribution in [0.25, 0.3) is 0 Å². The van der Waals surface area contributed by atoms with Gasteiger partial charge in [0.1, 0.15) is 6.61 Å². The Morgan fingerprint density at radius 2 is 2.25 bits per heavy atom. The van der Waals surface area contributed by atoms with E-state index in [1.807, 2.05) is 25.1 Å². The summed E-state index contributed by atoms with van der Waals surface area (Å²) >= 11 is 0. The molecule has 2 unspecified atom stereocenters. The van der Waals surface area contributed by atoms with E-state index < -0.39 is 0 Å². The van der Waals surface area contributed by atoms with E-state index in [1.165, 1.54) is 12.8 Å². The lowest BCUT2D eigenvalue weighted by Gasteiger charge is -2.26. The minimum Gasteiger partial charge on any atom is -0.397 e. The first-order valence-electron chi connectivity index (χ1n) is 7.32. The molecule has 0 bridgehead atoms. The highest BCUT2D eigenvalue weighted by atomic mass is 16.5. The standard InChI is InChI=1S/C16H24N2O2/c1-11-4-3-5-13(8-11)20-10-16(19)18-15-7-6-12(2)9-14(15)17/h6-7,9,11,13H,3-5,8,10,17H2,1-2H3,(H,18,19). The molecule has 1 aromatic rings. The number of carbonyl (C=O) groups is 1. The number of hydrogen-bond acceptors (Lipinski definition) is 3. The van der Waals surface area contributed by atoms with E-state index in [-0.39, 0.29) is 18.6 Å². The van der Waals surface area contributed by atoms with E-state index in [2.05, 4.69) is 12.2 Å². The third kappa shape index (κ3) is 4.23. The molecule has 1 aliphatic rings. The van der Waals surface area contributed by atoms with Gasteiger partial charge in [-0.1, -0.05) is 25.8 Å². The molecule has 1 aliphatic carbocycles. The van der Waals surface area contributed by atoms with Gasteiger partial charge in [0.05, 0.1) is 17.5 Å². The van der Waals surface area contributed by atoms with Gasteiger partial charge in [-0.3, -0.25) is 4.79 Å². The Morgan fingerprint density at radius 3 is 2.95 bits per heavy atom. The van der Waals surface area contributed by atoms with Crippen LogP contribution in [0, 0.1) is 12.8 Å². The topological polar surface area (TPSA) is 64.3 Å². The van der Waals surface area contributed by atoms with Crippen molar-refractivity contribution in [1.82, 2.24) is 0 Å². The molecule has 2 rings (SSSR count). The lowest BCUT2D eigenvalue weighted by Crippen LogP contribution is -2.27. The van der Waals surface area contributed by atoms with Crippen LogP contribution >= 0.6 is 0 Å². The number of rotatable bonds is 4. The number of ether oxygens (including phenoxy) is 1. The normalized spacial score (nSPS) is 22.5. The summed E-state index contributed by atoms with van der Waals surface area (Å²) in [6, 6.07) is 5.60. The Bertz CT molecular complexity index is 474. The van der Waals surface area contributed by atoms with E-state index >= 15 is 0 Å². The molecule has 1 amide bonds. The van der Waals surface area contributed by atoms with Crippen molar-refractivity contribution in [2.24, 2.45) is 5.92 Å². The third-order valence-corrected chi connectivity index (χ3v) is 3.82. The molecule has 3 N–H and O–H groups in total. The molecule has 0 aliphatic heterocycles. The zero-order valence-electron chi connectivity index (χ0n) is 12.3. The number of carbonyl (C=O) groups excluding carboxylic acids is 1. The Balaban J connectivity index is 1.80. The number of aryl methyl sites for hydroxylation is 1. The highest BCUT2D eigenvalue weighted by molar-refractivity contribution is 5.94. The van der Waals surface area contributed by atoms with Gasteiger partial charge in [-0.2, -0.15) is 0 Å². The molecule has 4 nitrogen and oxygen atoms in total. The summed E-state index contributed by atoms with van der Waals surface area (Å²) in [6.07, 6.45) is 4.80. The first-order valence-corrected chi connectivity index (χ1v) is 7.32. The van der Waals surface area contributed by atoms with E-state index in [9.17, 15) is 4.79 Å². The minimum atomic E-state index is -0.140. The van der Waals surface area contributed by atoms with Crippen molar-refractivity contribution in [2.45, 2.75) is 45.6 Å². The SMILES string of the molecule is Cc1ccc(NC(=O)COC2CCCC(C)C2)c(N)c1. The minimum absolute atomic E-state index is 0.102. The Morgan fingerprint density at radius 1 is 1.45 bits per heavy atom. The summed E-state index contributed by atoms with van der Waals surface area (Å²) in [4.78, 5) is 11.9. The first-order chi connectivity index (χ1) is 9.54. The average Bonchev–Trinajstić information content (AvgIpc) is 2.40. The van der Waals surface area contributed by atoms with E-state index in [0.717, 1.165) is 18.4 Å². The summed E-state index contributed by atoms with van der Waals surface area (Å²) in [5.74, 6) is 0.559. The van der Waals surface area contributed by atoms with E-state index in [0.29, 0.717) is 17.3 Å². The van der Waals surface area contributed by atoms with Gasteiger partial charge in [0, 0.05) is 0 Å². The molecule has 2 atom stereocenters. The number of nitrogen functional groups attached to an aromatic ring is 1. The zero-order valence-corrected chi connectivity index (χ0v) is 12.3. The molecule has 0 aromatic heterocycles. The van der Waals surface area contributed by atoms with Crippen LogP contribution in [0.5, 0.6) is 0 Å². The molecule has 1 fully saturated rings. The fraction of sp³-hybridized carbons (Fsp3) is 0.562. The van der Waals surface area contributed by atoms with Crippen molar-refractivity contribution in [2.75, 3.05) is 17.7 Å². The van der Waals surface area contributed by atoms with Crippen LogP contribution in [0.1, 0.15) is 38.2 Å². The summed E-state index contributed by atoms with van der Waals surface area (Å²) in [5, 5.41) is 2.80. The predicted molar refractivity (Wildman–Crippen MR) is 81.6 cm³/mol. The van der Waals surface area contributed by atoms with Crippen molar-refractivity contribution >= 4 is 17.3 Å².